The molecular formula is C29H30N4O4. The largest absolute Gasteiger partial charge is 0.495 e. The summed E-state index contributed by atoms with van der Waals surface area (Å²) in [6.07, 6.45) is 0.296. The summed E-state index contributed by atoms with van der Waals surface area (Å²) in [5, 5.41) is 2.93. The molecule has 0 aliphatic carbocycles. The van der Waals surface area contributed by atoms with Crippen molar-refractivity contribution >= 4 is 23.5 Å². The van der Waals surface area contributed by atoms with Crippen LogP contribution < -0.4 is 15.0 Å². The summed E-state index contributed by atoms with van der Waals surface area (Å²) in [4.78, 5) is 45.1. The van der Waals surface area contributed by atoms with E-state index in [0.29, 0.717) is 38.2 Å². The highest BCUT2D eigenvalue weighted by Gasteiger charge is 2.53. The van der Waals surface area contributed by atoms with Gasteiger partial charge in [0.05, 0.1) is 12.8 Å². The van der Waals surface area contributed by atoms with Crippen LogP contribution >= 0.6 is 0 Å². The van der Waals surface area contributed by atoms with Crippen LogP contribution in [-0.2, 0) is 21.5 Å². The van der Waals surface area contributed by atoms with Crippen molar-refractivity contribution in [2.24, 2.45) is 0 Å². The van der Waals surface area contributed by atoms with Crippen LogP contribution in [0.5, 0.6) is 5.75 Å². The van der Waals surface area contributed by atoms with E-state index in [2.05, 4.69) is 10.2 Å². The Bertz CT molecular complexity index is 1280. The molecule has 0 aromatic heterocycles. The second kappa shape index (κ2) is 10.3. The number of imide groups is 1. The van der Waals surface area contributed by atoms with Crippen LogP contribution in [0.3, 0.4) is 0 Å². The number of anilines is 1. The van der Waals surface area contributed by atoms with Gasteiger partial charge in [-0.15, -0.1) is 0 Å². The minimum atomic E-state index is -1.26. The monoisotopic (exact) mass is 498 g/mol. The Hall–Kier alpha value is -4.33. The minimum absolute atomic E-state index is 0.244. The molecule has 1 N–H and O–H groups in total. The first-order valence-corrected chi connectivity index (χ1v) is 12.4. The topological polar surface area (TPSA) is 82.2 Å². The van der Waals surface area contributed by atoms with Gasteiger partial charge in [0, 0.05) is 32.6 Å². The molecule has 0 bridgehead atoms. The van der Waals surface area contributed by atoms with E-state index in [-0.39, 0.29) is 12.5 Å². The van der Waals surface area contributed by atoms with Gasteiger partial charge >= 0.3 is 6.03 Å². The number of nitrogens with zero attached hydrogens (tertiary/aromatic N) is 3. The first-order chi connectivity index (χ1) is 18.0. The fourth-order valence-electron chi connectivity index (χ4n) is 5.13. The number of hydrogen-bond donors (Lipinski definition) is 1. The number of benzene rings is 3. The van der Waals surface area contributed by atoms with Crippen LogP contribution in [0.4, 0.5) is 10.5 Å². The number of rotatable bonds is 7. The number of carbonyl (C=O) groups excluding carboxylic acids is 3. The second-order valence-electron chi connectivity index (χ2n) is 9.29. The molecule has 190 valence electrons. The lowest BCUT2D eigenvalue weighted by atomic mass is 9.83. The molecule has 2 aliphatic rings. The van der Waals surface area contributed by atoms with Gasteiger partial charge in [0.2, 0.25) is 5.91 Å². The van der Waals surface area contributed by atoms with Crippen molar-refractivity contribution in [3.8, 4) is 5.75 Å². The molecule has 8 heteroatoms. The number of urea groups is 1. The average molecular weight is 499 g/mol. The predicted molar refractivity (Wildman–Crippen MR) is 140 cm³/mol. The van der Waals surface area contributed by atoms with E-state index in [4.69, 9.17) is 4.74 Å². The molecular weight excluding hydrogens is 468 g/mol. The Morgan fingerprint density at radius 2 is 1.49 bits per heavy atom. The van der Waals surface area contributed by atoms with E-state index in [0.717, 1.165) is 21.9 Å². The number of amides is 4. The van der Waals surface area contributed by atoms with Crippen LogP contribution in [0.1, 0.15) is 11.1 Å². The molecule has 0 saturated carbocycles. The molecule has 0 unspecified atom stereocenters. The zero-order valence-electron chi connectivity index (χ0n) is 20.8. The number of para-hydroxylation sites is 2. The molecule has 0 radical (unpaired) electrons. The number of piperazine rings is 1. The third-order valence-electron chi connectivity index (χ3n) is 7.11. The second-order valence-corrected chi connectivity index (χ2v) is 9.29. The molecule has 0 spiro atoms. The average Bonchev–Trinajstić information content (AvgIpc) is 3.19. The molecule has 2 fully saturated rings. The van der Waals surface area contributed by atoms with Crippen LogP contribution in [0.15, 0.2) is 84.9 Å². The molecule has 5 rings (SSSR count). The molecule has 3 aromatic carbocycles. The number of nitrogens with one attached hydrogen (secondary N) is 1. The smallest absolute Gasteiger partial charge is 0.325 e. The van der Waals surface area contributed by atoms with Crippen LogP contribution in [0.2, 0.25) is 0 Å². The Labute approximate surface area is 216 Å². The van der Waals surface area contributed by atoms with Gasteiger partial charge in [-0.05, 0) is 23.3 Å². The maximum Gasteiger partial charge on any atom is 0.325 e. The van der Waals surface area contributed by atoms with Gasteiger partial charge in [0.1, 0.15) is 12.3 Å². The van der Waals surface area contributed by atoms with Crippen molar-refractivity contribution < 1.29 is 19.1 Å². The summed E-state index contributed by atoms with van der Waals surface area (Å²) in [6, 6.07) is 26.1. The van der Waals surface area contributed by atoms with E-state index in [1.54, 1.807) is 12.0 Å². The lowest BCUT2D eigenvalue weighted by Crippen LogP contribution is -2.52. The lowest BCUT2D eigenvalue weighted by molar-refractivity contribution is -0.139. The number of carbonyl (C=O) groups is 3. The standard InChI is InChI=1S/C29H30N4O4/c1-37-25-15-9-8-14-24(25)31-16-18-32(19-17-31)26(34)21-33-27(35)29(30-28(33)36,23-12-6-3-7-13-23)20-22-10-4-2-5-11-22/h2-15H,16-21H2,1H3,(H,30,36)/t29-/m0/s1. The Morgan fingerprint density at radius 1 is 0.865 bits per heavy atom. The molecule has 1 atom stereocenters. The molecule has 2 heterocycles. The molecule has 2 saturated heterocycles. The molecule has 4 amide bonds. The van der Waals surface area contributed by atoms with Crippen molar-refractivity contribution in [3.05, 3.63) is 96.1 Å². The highest BCUT2D eigenvalue weighted by molar-refractivity contribution is 6.09. The quantitative estimate of drug-likeness (QED) is 0.507. The van der Waals surface area contributed by atoms with E-state index in [1.807, 2.05) is 84.9 Å². The van der Waals surface area contributed by atoms with Gasteiger partial charge in [-0.25, -0.2) is 4.79 Å². The molecule has 8 nitrogen and oxygen atoms in total. The zero-order valence-corrected chi connectivity index (χ0v) is 20.8. The first-order valence-electron chi connectivity index (χ1n) is 12.4. The number of hydrogen-bond acceptors (Lipinski definition) is 5. The summed E-state index contributed by atoms with van der Waals surface area (Å²) in [5.74, 6) is 0.137. The highest BCUT2D eigenvalue weighted by Crippen LogP contribution is 2.33. The van der Waals surface area contributed by atoms with Gasteiger partial charge in [-0.1, -0.05) is 72.8 Å². The van der Waals surface area contributed by atoms with E-state index in [1.165, 1.54) is 0 Å². The maximum atomic E-state index is 13.8. The van der Waals surface area contributed by atoms with Gasteiger partial charge in [0.15, 0.2) is 5.54 Å². The predicted octanol–water partition coefficient (Wildman–Crippen LogP) is 3.03. The SMILES string of the molecule is COc1ccccc1N1CCN(C(=O)CN2C(=O)N[C@@](Cc3ccccc3)(c3ccccc3)C2=O)CC1. The maximum absolute atomic E-state index is 13.8. The molecule has 3 aromatic rings. The Balaban J connectivity index is 1.30. The van der Waals surface area contributed by atoms with Crippen molar-refractivity contribution in [1.29, 1.82) is 0 Å². The third kappa shape index (κ3) is 4.74. The van der Waals surface area contributed by atoms with Gasteiger partial charge in [0.25, 0.3) is 5.91 Å². The normalized spacial score (nSPS) is 19.6. The Morgan fingerprint density at radius 3 is 2.16 bits per heavy atom. The summed E-state index contributed by atoms with van der Waals surface area (Å²) in [7, 11) is 1.64. The van der Waals surface area contributed by atoms with Crippen molar-refractivity contribution in [1.82, 2.24) is 15.1 Å². The number of methoxy groups -OCH3 is 1. The summed E-state index contributed by atoms with van der Waals surface area (Å²) >= 11 is 0. The van der Waals surface area contributed by atoms with Crippen molar-refractivity contribution in [2.45, 2.75) is 12.0 Å². The fraction of sp³-hybridized carbons (Fsp3) is 0.276. The molecule has 37 heavy (non-hydrogen) atoms. The van der Waals surface area contributed by atoms with Crippen LogP contribution in [0, 0.1) is 0 Å². The van der Waals surface area contributed by atoms with Gasteiger partial charge in [-0.3, -0.25) is 14.5 Å². The summed E-state index contributed by atoms with van der Waals surface area (Å²) < 4.78 is 5.47. The van der Waals surface area contributed by atoms with Gasteiger partial charge in [-0.2, -0.15) is 0 Å². The van der Waals surface area contributed by atoms with E-state index >= 15 is 0 Å². The first kappa shape index (κ1) is 24.4. The zero-order chi connectivity index (χ0) is 25.8. The Kier molecular flexibility index (Phi) is 6.81. The summed E-state index contributed by atoms with van der Waals surface area (Å²) in [6.45, 7) is 1.97. The minimum Gasteiger partial charge on any atom is -0.495 e. The van der Waals surface area contributed by atoms with Gasteiger partial charge < -0.3 is 19.9 Å². The van der Waals surface area contributed by atoms with E-state index < -0.39 is 17.5 Å². The van der Waals surface area contributed by atoms with Crippen molar-refractivity contribution in [2.75, 3.05) is 44.7 Å². The lowest BCUT2D eigenvalue weighted by Gasteiger charge is -2.37. The third-order valence-corrected chi connectivity index (χ3v) is 7.11. The van der Waals surface area contributed by atoms with Crippen LogP contribution in [-0.4, -0.2) is 67.5 Å². The van der Waals surface area contributed by atoms with Crippen molar-refractivity contribution in [3.63, 3.8) is 0 Å². The van der Waals surface area contributed by atoms with E-state index in [9.17, 15) is 14.4 Å². The molecule has 2 aliphatic heterocycles. The summed E-state index contributed by atoms with van der Waals surface area (Å²) in [5.41, 5.74) is 1.33. The highest BCUT2D eigenvalue weighted by atomic mass is 16.5. The number of ether oxygens (including phenoxy) is 1. The fourth-order valence-corrected chi connectivity index (χ4v) is 5.13. The van der Waals surface area contributed by atoms with Crippen LogP contribution in [0.25, 0.3) is 0 Å².